The average molecular weight is 281 g/mol. The Balaban J connectivity index is 2.73. The summed E-state index contributed by atoms with van der Waals surface area (Å²) in [6.07, 6.45) is 0. The van der Waals surface area contributed by atoms with Gasteiger partial charge < -0.3 is 0 Å². The SMILES string of the molecule is N#Cc1cc(S(=O)(=O)CCCl)nc2ccccc12. The Morgan fingerprint density at radius 3 is 2.72 bits per heavy atom. The third kappa shape index (κ3) is 2.30. The second kappa shape index (κ2) is 4.92. The Hall–Kier alpha value is -1.64. The molecule has 1 aromatic carbocycles. The summed E-state index contributed by atoms with van der Waals surface area (Å²) in [5.74, 6) is -0.191. The third-order valence-corrected chi connectivity index (χ3v) is 4.48. The first kappa shape index (κ1) is 12.8. The zero-order chi connectivity index (χ0) is 13.2. The van der Waals surface area contributed by atoms with E-state index in [1.165, 1.54) is 6.07 Å². The van der Waals surface area contributed by atoms with E-state index in [4.69, 9.17) is 16.9 Å². The zero-order valence-corrected chi connectivity index (χ0v) is 10.9. The molecule has 0 aliphatic rings. The molecule has 6 heteroatoms. The number of para-hydroxylation sites is 1. The highest BCUT2D eigenvalue weighted by Crippen LogP contribution is 2.20. The molecule has 0 spiro atoms. The first-order valence-electron chi connectivity index (χ1n) is 5.17. The van der Waals surface area contributed by atoms with Crippen molar-refractivity contribution >= 4 is 32.3 Å². The molecule has 4 nitrogen and oxygen atoms in total. The van der Waals surface area contributed by atoms with E-state index in [0.29, 0.717) is 16.5 Å². The molecule has 18 heavy (non-hydrogen) atoms. The van der Waals surface area contributed by atoms with Crippen molar-refractivity contribution in [3.63, 3.8) is 0 Å². The lowest BCUT2D eigenvalue weighted by Crippen LogP contribution is -2.10. The average Bonchev–Trinajstić information content (AvgIpc) is 2.37. The van der Waals surface area contributed by atoms with Gasteiger partial charge >= 0.3 is 0 Å². The van der Waals surface area contributed by atoms with Crippen molar-refractivity contribution in [3.8, 4) is 6.07 Å². The van der Waals surface area contributed by atoms with Crippen LogP contribution < -0.4 is 0 Å². The van der Waals surface area contributed by atoms with Gasteiger partial charge in [0.05, 0.1) is 22.9 Å². The first-order valence-corrected chi connectivity index (χ1v) is 7.36. The summed E-state index contributed by atoms with van der Waals surface area (Å²) in [5.41, 5.74) is 0.790. The van der Waals surface area contributed by atoms with Gasteiger partial charge in [0.2, 0.25) is 0 Å². The number of sulfone groups is 1. The van der Waals surface area contributed by atoms with Gasteiger partial charge in [0.25, 0.3) is 0 Å². The van der Waals surface area contributed by atoms with E-state index in [1.807, 2.05) is 6.07 Å². The molecule has 92 valence electrons. The molecule has 0 aliphatic heterocycles. The fourth-order valence-corrected chi connectivity index (χ4v) is 3.17. The summed E-state index contributed by atoms with van der Waals surface area (Å²) in [6, 6.07) is 10.2. The molecule has 1 heterocycles. The molecule has 2 rings (SSSR count). The van der Waals surface area contributed by atoms with Crippen molar-refractivity contribution in [2.24, 2.45) is 0 Å². The van der Waals surface area contributed by atoms with Gasteiger partial charge in [-0.05, 0) is 12.1 Å². The van der Waals surface area contributed by atoms with E-state index in [0.717, 1.165) is 0 Å². The summed E-state index contributed by atoms with van der Waals surface area (Å²) >= 11 is 5.46. The molecule has 0 saturated heterocycles. The number of benzene rings is 1. The van der Waals surface area contributed by atoms with Crippen LogP contribution in [0.25, 0.3) is 10.9 Å². The summed E-state index contributed by atoms with van der Waals surface area (Å²) in [4.78, 5) is 4.08. The molecule has 0 N–H and O–H groups in total. The van der Waals surface area contributed by atoms with Gasteiger partial charge in [0.1, 0.15) is 0 Å². The van der Waals surface area contributed by atoms with Gasteiger partial charge in [-0.2, -0.15) is 5.26 Å². The van der Waals surface area contributed by atoms with Gasteiger partial charge in [0, 0.05) is 11.3 Å². The van der Waals surface area contributed by atoms with E-state index >= 15 is 0 Å². The Bertz CT molecular complexity index is 735. The molecular weight excluding hydrogens is 272 g/mol. The monoisotopic (exact) mass is 280 g/mol. The van der Waals surface area contributed by atoms with E-state index in [9.17, 15) is 8.42 Å². The summed E-state index contributed by atoms with van der Waals surface area (Å²) in [5, 5.41) is 9.60. The van der Waals surface area contributed by atoms with Crippen LogP contribution >= 0.6 is 11.6 Å². The van der Waals surface area contributed by atoms with Gasteiger partial charge in [-0.15, -0.1) is 11.6 Å². The minimum atomic E-state index is -3.53. The van der Waals surface area contributed by atoms with Gasteiger partial charge in [-0.25, -0.2) is 13.4 Å². The standard InChI is InChI=1S/C12H9ClN2O2S/c13-5-6-18(16,17)12-7-9(8-14)10-3-1-2-4-11(10)15-12/h1-4,7H,5-6H2. The number of alkyl halides is 1. The van der Waals surface area contributed by atoms with Crippen LogP contribution in [0.1, 0.15) is 5.56 Å². The molecule has 0 aliphatic carbocycles. The quantitative estimate of drug-likeness (QED) is 0.808. The summed E-state index contributed by atoms with van der Waals surface area (Å²) in [7, 11) is -3.53. The molecule has 0 amide bonds. The highest BCUT2D eigenvalue weighted by Gasteiger charge is 2.17. The van der Waals surface area contributed by atoms with Crippen molar-refractivity contribution in [1.82, 2.24) is 4.98 Å². The number of fused-ring (bicyclic) bond motifs is 1. The molecule has 0 bridgehead atoms. The lowest BCUT2D eigenvalue weighted by atomic mass is 10.1. The number of halogens is 1. The van der Waals surface area contributed by atoms with Gasteiger partial charge in [0.15, 0.2) is 14.9 Å². The van der Waals surface area contributed by atoms with Crippen molar-refractivity contribution < 1.29 is 8.42 Å². The van der Waals surface area contributed by atoms with Crippen molar-refractivity contribution in [1.29, 1.82) is 5.26 Å². The predicted octanol–water partition coefficient (Wildman–Crippen LogP) is 2.12. The second-order valence-corrected chi connectivity index (χ2v) is 6.08. The highest BCUT2D eigenvalue weighted by molar-refractivity contribution is 7.91. The topological polar surface area (TPSA) is 70.8 Å². The van der Waals surface area contributed by atoms with Crippen LogP contribution in [-0.4, -0.2) is 25.0 Å². The number of rotatable bonds is 3. The number of nitriles is 1. The Morgan fingerprint density at radius 2 is 2.06 bits per heavy atom. The smallest absolute Gasteiger partial charge is 0.196 e. The number of hydrogen-bond donors (Lipinski definition) is 0. The van der Waals surface area contributed by atoms with Crippen molar-refractivity contribution in [3.05, 3.63) is 35.9 Å². The molecule has 2 aromatic rings. The van der Waals surface area contributed by atoms with Crippen LogP contribution in [-0.2, 0) is 9.84 Å². The molecular formula is C12H9ClN2O2S. The minimum absolute atomic E-state index is 0.00126. The van der Waals surface area contributed by atoms with Crippen LogP contribution in [0.5, 0.6) is 0 Å². The molecule has 0 saturated carbocycles. The third-order valence-electron chi connectivity index (χ3n) is 2.48. The van der Waals surface area contributed by atoms with Crippen LogP contribution in [0.2, 0.25) is 0 Å². The lowest BCUT2D eigenvalue weighted by Gasteiger charge is -2.05. The molecule has 0 radical (unpaired) electrons. The molecule has 0 unspecified atom stereocenters. The largest absolute Gasteiger partial charge is 0.236 e. The van der Waals surface area contributed by atoms with Crippen LogP contribution in [0.15, 0.2) is 35.4 Å². The fraction of sp³-hybridized carbons (Fsp3) is 0.167. The zero-order valence-electron chi connectivity index (χ0n) is 9.30. The number of hydrogen-bond acceptors (Lipinski definition) is 4. The Morgan fingerprint density at radius 1 is 1.33 bits per heavy atom. The normalized spacial score (nSPS) is 11.3. The maximum Gasteiger partial charge on any atom is 0.196 e. The Kier molecular flexibility index (Phi) is 3.50. The molecule has 1 aromatic heterocycles. The maximum absolute atomic E-state index is 11.9. The van der Waals surface area contributed by atoms with Crippen LogP contribution in [0, 0.1) is 11.3 Å². The molecule has 0 fully saturated rings. The van der Waals surface area contributed by atoms with Crippen molar-refractivity contribution in [2.75, 3.05) is 11.6 Å². The minimum Gasteiger partial charge on any atom is -0.236 e. The summed E-state index contributed by atoms with van der Waals surface area (Å²) < 4.78 is 23.8. The number of aromatic nitrogens is 1. The van der Waals surface area contributed by atoms with Crippen molar-refractivity contribution in [2.45, 2.75) is 5.03 Å². The number of nitrogens with zero attached hydrogens (tertiary/aromatic N) is 2. The fourth-order valence-electron chi connectivity index (χ4n) is 1.61. The van der Waals surface area contributed by atoms with Crippen LogP contribution in [0.3, 0.4) is 0 Å². The van der Waals surface area contributed by atoms with Gasteiger partial charge in [-0.3, -0.25) is 0 Å². The molecule has 0 atom stereocenters. The highest BCUT2D eigenvalue weighted by atomic mass is 35.5. The maximum atomic E-state index is 11.9. The van der Waals surface area contributed by atoms with E-state index in [1.54, 1.807) is 24.3 Å². The first-order chi connectivity index (χ1) is 8.58. The van der Waals surface area contributed by atoms with E-state index in [-0.39, 0.29) is 16.7 Å². The van der Waals surface area contributed by atoms with Crippen LogP contribution in [0.4, 0.5) is 0 Å². The number of pyridine rings is 1. The summed E-state index contributed by atoms with van der Waals surface area (Å²) in [6.45, 7) is 0. The van der Waals surface area contributed by atoms with Gasteiger partial charge in [-0.1, -0.05) is 18.2 Å². The Labute approximate surface area is 110 Å². The second-order valence-electron chi connectivity index (χ2n) is 3.64. The predicted molar refractivity (Wildman–Crippen MR) is 69.2 cm³/mol. The lowest BCUT2D eigenvalue weighted by molar-refractivity contribution is 0.594. The van der Waals surface area contributed by atoms with E-state index < -0.39 is 9.84 Å². The van der Waals surface area contributed by atoms with E-state index in [2.05, 4.69) is 4.98 Å².